The quantitative estimate of drug-likeness (QED) is 0.432. The Morgan fingerprint density at radius 1 is 1.25 bits per heavy atom. The molecule has 1 aromatic rings. The number of anilines is 1. The van der Waals surface area contributed by atoms with Crippen LogP contribution in [0, 0.1) is 0 Å². The van der Waals surface area contributed by atoms with Gasteiger partial charge < -0.3 is 5.73 Å². The predicted molar refractivity (Wildman–Crippen MR) is 49.2 cm³/mol. The van der Waals surface area contributed by atoms with E-state index in [1.54, 1.807) is 0 Å². The Bertz CT molecular complexity index is 296. The monoisotopic (exact) mass is 163 g/mol. The first-order valence-corrected chi connectivity index (χ1v) is 4.12. The summed E-state index contributed by atoms with van der Waals surface area (Å²) in [6.45, 7) is 1.77. The van der Waals surface area contributed by atoms with Gasteiger partial charge in [0.2, 0.25) is 0 Å². The maximum Gasteiger partial charge on any atom is 0.0382 e. The summed E-state index contributed by atoms with van der Waals surface area (Å²) in [5.74, 6) is 5.69. The summed E-state index contributed by atoms with van der Waals surface area (Å²) in [4.78, 5) is 0. The van der Waals surface area contributed by atoms with Crippen molar-refractivity contribution in [3.8, 4) is 0 Å². The van der Waals surface area contributed by atoms with Gasteiger partial charge in [0.15, 0.2) is 0 Å². The number of benzene rings is 1. The summed E-state index contributed by atoms with van der Waals surface area (Å²) in [5.41, 5.74) is 9.17. The molecule has 64 valence electrons. The second-order valence-electron chi connectivity index (χ2n) is 3.25. The molecule has 0 radical (unpaired) electrons. The fraction of sp³-hybridized carbons (Fsp3) is 0.333. The molecule has 0 fully saturated rings. The smallest absolute Gasteiger partial charge is 0.0382 e. The van der Waals surface area contributed by atoms with Crippen LogP contribution in [0.5, 0.6) is 0 Å². The Morgan fingerprint density at radius 3 is 2.92 bits per heavy atom. The van der Waals surface area contributed by atoms with E-state index in [2.05, 4.69) is 6.07 Å². The van der Waals surface area contributed by atoms with Crippen LogP contribution in [0.4, 0.5) is 5.69 Å². The molecule has 3 heteroatoms. The molecule has 0 amide bonds. The second-order valence-corrected chi connectivity index (χ2v) is 3.25. The highest BCUT2D eigenvalue weighted by Crippen LogP contribution is 2.19. The highest BCUT2D eigenvalue weighted by molar-refractivity contribution is 5.45. The lowest BCUT2D eigenvalue weighted by atomic mass is 10.0. The van der Waals surface area contributed by atoms with E-state index in [9.17, 15) is 0 Å². The van der Waals surface area contributed by atoms with Gasteiger partial charge in [-0.25, -0.2) is 5.01 Å². The van der Waals surface area contributed by atoms with Gasteiger partial charge in [-0.15, -0.1) is 0 Å². The van der Waals surface area contributed by atoms with Crippen molar-refractivity contribution in [1.82, 2.24) is 5.01 Å². The molecule has 0 atom stereocenters. The van der Waals surface area contributed by atoms with Gasteiger partial charge in [-0.3, -0.25) is 5.84 Å². The molecule has 0 saturated carbocycles. The van der Waals surface area contributed by atoms with Gasteiger partial charge >= 0.3 is 0 Å². The Kier molecular flexibility index (Phi) is 1.75. The van der Waals surface area contributed by atoms with E-state index in [-0.39, 0.29) is 0 Å². The lowest BCUT2D eigenvalue weighted by Crippen LogP contribution is -2.36. The van der Waals surface area contributed by atoms with Crippen molar-refractivity contribution in [2.75, 3.05) is 12.3 Å². The third-order valence-electron chi connectivity index (χ3n) is 2.27. The first-order chi connectivity index (χ1) is 5.75. The topological polar surface area (TPSA) is 55.3 Å². The zero-order chi connectivity index (χ0) is 8.55. The number of nitrogens with zero attached hydrogens (tertiary/aromatic N) is 1. The largest absolute Gasteiger partial charge is 0.399 e. The molecular formula is C9H13N3. The Balaban J connectivity index is 2.37. The van der Waals surface area contributed by atoms with E-state index in [1.807, 2.05) is 17.1 Å². The predicted octanol–water partition coefficient (Wildman–Crippen LogP) is 0.501. The molecule has 1 aliphatic rings. The molecular weight excluding hydrogens is 150 g/mol. The zero-order valence-corrected chi connectivity index (χ0v) is 6.96. The number of hydrogen-bond donors (Lipinski definition) is 2. The molecule has 2 rings (SSSR count). The fourth-order valence-corrected chi connectivity index (χ4v) is 1.59. The van der Waals surface area contributed by atoms with Crippen LogP contribution in [0.25, 0.3) is 0 Å². The second kappa shape index (κ2) is 2.77. The summed E-state index contributed by atoms with van der Waals surface area (Å²) in [5, 5.41) is 1.83. The maximum atomic E-state index is 5.69. The van der Waals surface area contributed by atoms with Gasteiger partial charge in [0.1, 0.15) is 0 Å². The van der Waals surface area contributed by atoms with Crippen molar-refractivity contribution >= 4 is 5.69 Å². The van der Waals surface area contributed by atoms with E-state index in [4.69, 9.17) is 11.6 Å². The molecule has 0 aliphatic carbocycles. The number of rotatable bonds is 0. The Labute approximate surface area is 71.9 Å². The molecule has 1 aromatic carbocycles. The van der Waals surface area contributed by atoms with E-state index >= 15 is 0 Å². The maximum absolute atomic E-state index is 5.69. The molecule has 3 nitrogen and oxygen atoms in total. The van der Waals surface area contributed by atoms with Crippen LogP contribution in [-0.4, -0.2) is 11.6 Å². The van der Waals surface area contributed by atoms with Gasteiger partial charge in [-0.1, -0.05) is 6.07 Å². The lowest BCUT2D eigenvalue weighted by Gasteiger charge is -2.24. The minimum atomic E-state index is 0.843. The molecule has 1 aliphatic heterocycles. The normalized spacial score (nSPS) is 17.4. The number of hydrazine groups is 1. The SMILES string of the molecule is Nc1ccc2c(c1)CCN(N)C2. The highest BCUT2D eigenvalue weighted by atomic mass is 15.4. The van der Waals surface area contributed by atoms with E-state index < -0.39 is 0 Å². The summed E-state index contributed by atoms with van der Waals surface area (Å²) in [6, 6.07) is 6.03. The van der Waals surface area contributed by atoms with Crippen LogP contribution in [-0.2, 0) is 13.0 Å². The zero-order valence-electron chi connectivity index (χ0n) is 6.96. The van der Waals surface area contributed by atoms with Crippen molar-refractivity contribution in [1.29, 1.82) is 0 Å². The summed E-state index contributed by atoms with van der Waals surface area (Å²) in [7, 11) is 0. The van der Waals surface area contributed by atoms with Crippen molar-refractivity contribution in [3.63, 3.8) is 0 Å². The fourth-order valence-electron chi connectivity index (χ4n) is 1.59. The van der Waals surface area contributed by atoms with E-state index in [1.165, 1.54) is 11.1 Å². The summed E-state index contributed by atoms with van der Waals surface area (Å²) >= 11 is 0. The van der Waals surface area contributed by atoms with Crippen LogP contribution >= 0.6 is 0 Å². The van der Waals surface area contributed by atoms with Gasteiger partial charge in [0.25, 0.3) is 0 Å². The van der Waals surface area contributed by atoms with Crippen LogP contribution < -0.4 is 11.6 Å². The number of hydrogen-bond acceptors (Lipinski definition) is 3. The average Bonchev–Trinajstić information content (AvgIpc) is 2.05. The third-order valence-corrected chi connectivity index (χ3v) is 2.27. The van der Waals surface area contributed by atoms with Crippen molar-refractivity contribution < 1.29 is 0 Å². The first kappa shape index (κ1) is 7.58. The van der Waals surface area contributed by atoms with Crippen LogP contribution in [0.3, 0.4) is 0 Å². The average molecular weight is 163 g/mol. The van der Waals surface area contributed by atoms with Gasteiger partial charge in [0.05, 0.1) is 0 Å². The third kappa shape index (κ3) is 1.29. The van der Waals surface area contributed by atoms with Crippen LogP contribution in [0.2, 0.25) is 0 Å². The standard InChI is InChI=1S/C9H13N3/c10-9-2-1-8-6-12(11)4-3-7(8)5-9/h1-2,5H,3-4,6,10-11H2. The number of nitrogens with two attached hydrogens (primary N) is 2. The molecule has 0 bridgehead atoms. The Hall–Kier alpha value is -1.06. The van der Waals surface area contributed by atoms with Crippen molar-refractivity contribution in [2.45, 2.75) is 13.0 Å². The van der Waals surface area contributed by atoms with Crippen molar-refractivity contribution in [2.24, 2.45) is 5.84 Å². The van der Waals surface area contributed by atoms with Gasteiger partial charge in [-0.05, 0) is 29.7 Å². The van der Waals surface area contributed by atoms with E-state index in [0.29, 0.717) is 0 Å². The molecule has 0 unspecified atom stereocenters. The van der Waals surface area contributed by atoms with Gasteiger partial charge in [-0.2, -0.15) is 0 Å². The lowest BCUT2D eigenvalue weighted by molar-refractivity contribution is 0.263. The molecule has 1 heterocycles. The number of fused-ring (bicyclic) bond motifs is 1. The van der Waals surface area contributed by atoms with Crippen molar-refractivity contribution in [3.05, 3.63) is 29.3 Å². The minimum absolute atomic E-state index is 0.843. The highest BCUT2D eigenvalue weighted by Gasteiger charge is 2.12. The molecule has 12 heavy (non-hydrogen) atoms. The minimum Gasteiger partial charge on any atom is -0.399 e. The molecule has 0 aromatic heterocycles. The first-order valence-electron chi connectivity index (χ1n) is 4.12. The molecule has 0 spiro atoms. The van der Waals surface area contributed by atoms with E-state index in [0.717, 1.165) is 25.2 Å². The molecule has 4 N–H and O–H groups in total. The van der Waals surface area contributed by atoms with Crippen LogP contribution in [0.1, 0.15) is 11.1 Å². The Morgan fingerprint density at radius 2 is 2.08 bits per heavy atom. The summed E-state index contributed by atoms with van der Waals surface area (Å²) in [6.07, 6.45) is 1.01. The summed E-state index contributed by atoms with van der Waals surface area (Å²) < 4.78 is 0. The number of nitrogen functional groups attached to an aromatic ring is 1. The van der Waals surface area contributed by atoms with Crippen LogP contribution in [0.15, 0.2) is 18.2 Å². The molecule has 0 saturated heterocycles. The van der Waals surface area contributed by atoms with Gasteiger partial charge in [0, 0.05) is 18.8 Å².